The SMILES string of the molecule is CNC1CCCCC1Nc1nc(Nc2ccc3nccn3c2)c(C(N)=O)cc1F. The molecule has 1 fully saturated rings. The lowest BCUT2D eigenvalue weighted by Crippen LogP contribution is -2.45. The third-order valence-electron chi connectivity index (χ3n) is 5.35. The molecule has 0 bridgehead atoms. The molecule has 3 heterocycles. The van der Waals surface area contributed by atoms with Gasteiger partial charge in [-0.25, -0.2) is 14.4 Å². The van der Waals surface area contributed by atoms with E-state index in [4.69, 9.17) is 5.73 Å². The second kappa shape index (κ2) is 8.04. The molecule has 8 nitrogen and oxygen atoms in total. The van der Waals surface area contributed by atoms with Crippen LogP contribution in [0.3, 0.4) is 0 Å². The lowest BCUT2D eigenvalue weighted by molar-refractivity contribution is 0.100. The van der Waals surface area contributed by atoms with Crippen LogP contribution in [0.1, 0.15) is 36.0 Å². The fourth-order valence-corrected chi connectivity index (χ4v) is 3.83. The molecule has 1 saturated carbocycles. The number of imidazole rings is 1. The number of carbonyl (C=O) groups excluding carboxylic acids is 1. The van der Waals surface area contributed by atoms with E-state index in [-0.39, 0.29) is 29.3 Å². The van der Waals surface area contributed by atoms with Crippen molar-refractivity contribution in [3.63, 3.8) is 0 Å². The molecule has 0 spiro atoms. The summed E-state index contributed by atoms with van der Waals surface area (Å²) < 4.78 is 16.5. The number of carbonyl (C=O) groups is 1. The van der Waals surface area contributed by atoms with Crippen LogP contribution in [0.4, 0.5) is 21.7 Å². The minimum atomic E-state index is -0.750. The van der Waals surface area contributed by atoms with E-state index in [9.17, 15) is 9.18 Å². The number of anilines is 3. The Balaban J connectivity index is 1.65. The maximum Gasteiger partial charge on any atom is 0.252 e. The molecule has 152 valence electrons. The van der Waals surface area contributed by atoms with Crippen LogP contribution in [0.2, 0.25) is 0 Å². The van der Waals surface area contributed by atoms with Crippen molar-refractivity contribution in [3.8, 4) is 0 Å². The molecule has 4 rings (SSSR count). The second-order valence-electron chi connectivity index (χ2n) is 7.25. The number of likely N-dealkylation sites (N-methyl/N-ethyl adjacent to an activating group) is 1. The number of nitrogens with zero attached hydrogens (tertiary/aromatic N) is 3. The van der Waals surface area contributed by atoms with Crippen LogP contribution >= 0.6 is 0 Å². The van der Waals surface area contributed by atoms with Gasteiger partial charge in [-0.05, 0) is 38.1 Å². The molecule has 3 aromatic rings. The number of hydrogen-bond donors (Lipinski definition) is 4. The van der Waals surface area contributed by atoms with Gasteiger partial charge in [0.15, 0.2) is 11.6 Å². The summed E-state index contributed by atoms with van der Waals surface area (Å²) >= 11 is 0. The zero-order valence-corrected chi connectivity index (χ0v) is 16.2. The van der Waals surface area contributed by atoms with Crippen molar-refractivity contribution in [3.05, 3.63) is 48.2 Å². The molecule has 5 N–H and O–H groups in total. The third kappa shape index (κ3) is 4.00. The summed E-state index contributed by atoms with van der Waals surface area (Å²) in [5, 5.41) is 9.58. The standard InChI is InChI=1S/C20H24FN7O/c1-23-15-4-2-3-5-16(15)26-20-14(21)10-13(18(22)29)19(27-20)25-12-6-7-17-24-8-9-28(17)11-12/h6-11,15-16,23H,2-5H2,1H3,(H2,22,29)(H2,25,26,27). The number of halogens is 1. The molecule has 0 aliphatic heterocycles. The first-order valence-corrected chi connectivity index (χ1v) is 9.69. The van der Waals surface area contributed by atoms with Gasteiger partial charge < -0.3 is 26.1 Å². The van der Waals surface area contributed by atoms with Crippen LogP contribution in [0.15, 0.2) is 36.8 Å². The van der Waals surface area contributed by atoms with Gasteiger partial charge in [0.05, 0.1) is 11.3 Å². The van der Waals surface area contributed by atoms with Gasteiger partial charge in [0.2, 0.25) is 0 Å². The Morgan fingerprint density at radius 3 is 2.79 bits per heavy atom. The first-order valence-electron chi connectivity index (χ1n) is 9.69. The summed E-state index contributed by atoms with van der Waals surface area (Å²) in [7, 11) is 1.91. The van der Waals surface area contributed by atoms with Crippen LogP contribution < -0.4 is 21.7 Å². The number of rotatable bonds is 6. The van der Waals surface area contributed by atoms with Gasteiger partial charge in [0, 0.05) is 30.7 Å². The first kappa shape index (κ1) is 19.1. The maximum atomic E-state index is 14.7. The van der Waals surface area contributed by atoms with Gasteiger partial charge in [0.25, 0.3) is 5.91 Å². The van der Waals surface area contributed by atoms with Crippen molar-refractivity contribution in [2.24, 2.45) is 5.73 Å². The number of pyridine rings is 2. The molecule has 0 radical (unpaired) electrons. The molecule has 0 saturated heterocycles. The highest BCUT2D eigenvalue weighted by molar-refractivity contribution is 5.98. The predicted octanol–water partition coefficient (Wildman–Crippen LogP) is 2.65. The number of aromatic nitrogens is 3. The van der Waals surface area contributed by atoms with E-state index < -0.39 is 11.7 Å². The number of hydrogen-bond acceptors (Lipinski definition) is 6. The van der Waals surface area contributed by atoms with Crippen LogP contribution in [-0.4, -0.2) is 39.4 Å². The van der Waals surface area contributed by atoms with E-state index in [1.165, 1.54) is 0 Å². The Kier molecular flexibility index (Phi) is 5.30. The Labute approximate surface area is 167 Å². The molecule has 9 heteroatoms. The van der Waals surface area contributed by atoms with Crippen LogP contribution in [0, 0.1) is 5.82 Å². The highest BCUT2D eigenvalue weighted by Gasteiger charge is 2.26. The average Bonchev–Trinajstić information content (AvgIpc) is 3.18. The van der Waals surface area contributed by atoms with Crippen LogP contribution in [0.25, 0.3) is 5.65 Å². The number of nitrogens with one attached hydrogen (secondary N) is 3. The Hall–Kier alpha value is -3.20. The molecule has 2 atom stereocenters. The van der Waals surface area contributed by atoms with Crippen molar-refractivity contribution in [2.45, 2.75) is 37.8 Å². The lowest BCUT2D eigenvalue weighted by Gasteiger charge is -2.32. The summed E-state index contributed by atoms with van der Waals surface area (Å²) in [4.78, 5) is 20.4. The van der Waals surface area contributed by atoms with E-state index in [2.05, 4.69) is 25.9 Å². The maximum absolute atomic E-state index is 14.7. The number of nitrogens with two attached hydrogens (primary N) is 1. The van der Waals surface area contributed by atoms with Gasteiger partial charge in [0.1, 0.15) is 11.5 Å². The predicted molar refractivity (Wildman–Crippen MR) is 110 cm³/mol. The first-order chi connectivity index (χ1) is 14.0. The molecular weight excluding hydrogens is 373 g/mol. The van der Waals surface area contributed by atoms with Gasteiger partial charge in [-0.2, -0.15) is 0 Å². The zero-order chi connectivity index (χ0) is 20.4. The normalized spacial score (nSPS) is 19.2. The number of amides is 1. The molecule has 1 aliphatic rings. The monoisotopic (exact) mass is 397 g/mol. The highest BCUT2D eigenvalue weighted by Crippen LogP contribution is 2.27. The Morgan fingerprint density at radius 2 is 2.03 bits per heavy atom. The fourth-order valence-electron chi connectivity index (χ4n) is 3.83. The second-order valence-corrected chi connectivity index (χ2v) is 7.25. The largest absolute Gasteiger partial charge is 0.365 e. The van der Waals surface area contributed by atoms with Crippen molar-refractivity contribution >= 4 is 28.9 Å². The Morgan fingerprint density at radius 1 is 1.24 bits per heavy atom. The van der Waals surface area contributed by atoms with Crippen LogP contribution in [0.5, 0.6) is 0 Å². The Bertz CT molecular complexity index is 1030. The van der Waals surface area contributed by atoms with Crippen molar-refractivity contribution in [2.75, 3.05) is 17.7 Å². The van der Waals surface area contributed by atoms with Gasteiger partial charge >= 0.3 is 0 Å². The highest BCUT2D eigenvalue weighted by atomic mass is 19.1. The lowest BCUT2D eigenvalue weighted by atomic mass is 9.90. The van der Waals surface area contributed by atoms with Crippen LogP contribution in [-0.2, 0) is 0 Å². The zero-order valence-electron chi connectivity index (χ0n) is 16.2. The van der Waals surface area contributed by atoms with E-state index in [1.54, 1.807) is 6.20 Å². The minimum Gasteiger partial charge on any atom is -0.365 e. The topological polar surface area (TPSA) is 109 Å². The molecular formula is C20H24FN7O. The molecule has 3 aromatic heterocycles. The summed E-state index contributed by atoms with van der Waals surface area (Å²) in [6.07, 6.45) is 9.46. The van der Waals surface area contributed by atoms with Crippen molar-refractivity contribution in [1.82, 2.24) is 19.7 Å². The molecule has 2 unspecified atom stereocenters. The quantitative estimate of drug-likeness (QED) is 0.509. The molecule has 0 aromatic carbocycles. The fraction of sp³-hybridized carbons (Fsp3) is 0.350. The van der Waals surface area contributed by atoms with Gasteiger partial charge in [-0.15, -0.1) is 0 Å². The summed E-state index contributed by atoms with van der Waals surface area (Å²) in [5.74, 6) is -1.04. The minimum absolute atomic E-state index is 0.00686. The average molecular weight is 397 g/mol. The summed E-state index contributed by atoms with van der Waals surface area (Å²) in [6, 6.07) is 5.07. The van der Waals surface area contributed by atoms with Crippen molar-refractivity contribution < 1.29 is 9.18 Å². The molecule has 1 aliphatic carbocycles. The number of primary amides is 1. The summed E-state index contributed by atoms with van der Waals surface area (Å²) in [6.45, 7) is 0. The van der Waals surface area contributed by atoms with E-state index in [0.29, 0.717) is 5.69 Å². The molecule has 1 amide bonds. The third-order valence-corrected chi connectivity index (χ3v) is 5.35. The van der Waals surface area contributed by atoms with Gasteiger partial charge in [-0.1, -0.05) is 12.8 Å². The van der Waals surface area contributed by atoms with E-state index in [1.807, 2.05) is 36.0 Å². The van der Waals surface area contributed by atoms with E-state index in [0.717, 1.165) is 37.4 Å². The van der Waals surface area contributed by atoms with Gasteiger partial charge in [-0.3, -0.25) is 4.79 Å². The van der Waals surface area contributed by atoms with E-state index >= 15 is 0 Å². The molecule has 29 heavy (non-hydrogen) atoms. The smallest absolute Gasteiger partial charge is 0.252 e. The number of fused-ring (bicyclic) bond motifs is 1. The van der Waals surface area contributed by atoms with Crippen molar-refractivity contribution in [1.29, 1.82) is 0 Å². The summed E-state index contributed by atoms with van der Waals surface area (Å²) in [5.41, 5.74) is 6.91.